The van der Waals surface area contributed by atoms with Gasteiger partial charge in [-0.1, -0.05) is 25.9 Å². The van der Waals surface area contributed by atoms with Gasteiger partial charge in [-0.05, 0) is 32.4 Å². The third kappa shape index (κ3) is 4.01. The summed E-state index contributed by atoms with van der Waals surface area (Å²) in [6.07, 6.45) is 3.68. The molecule has 1 N–H and O–H groups in total. The minimum atomic E-state index is 0.303. The molecule has 5 nitrogen and oxygen atoms in total. The van der Waals surface area contributed by atoms with E-state index in [4.69, 9.17) is 4.52 Å². The van der Waals surface area contributed by atoms with E-state index in [0.717, 1.165) is 44.3 Å². The van der Waals surface area contributed by atoms with E-state index in [1.807, 2.05) is 0 Å². The lowest BCUT2D eigenvalue weighted by Gasteiger charge is -2.33. The Bertz CT molecular complexity index is 371. The maximum Gasteiger partial charge on any atom is 0.229 e. The molecule has 0 amide bonds. The molecule has 0 bridgehead atoms. The molecule has 108 valence electrons. The van der Waals surface area contributed by atoms with Gasteiger partial charge >= 0.3 is 0 Å². The van der Waals surface area contributed by atoms with Crippen LogP contribution < -0.4 is 5.32 Å². The molecular formula is C14H26N4O. The van der Waals surface area contributed by atoms with Crippen LogP contribution in [-0.4, -0.2) is 40.7 Å². The summed E-state index contributed by atoms with van der Waals surface area (Å²) in [5, 5.41) is 7.58. The van der Waals surface area contributed by atoms with Gasteiger partial charge in [0.05, 0.1) is 6.54 Å². The molecule has 0 saturated carbocycles. The zero-order valence-electron chi connectivity index (χ0n) is 12.4. The molecule has 2 heterocycles. The molecule has 1 unspecified atom stereocenters. The van der Waals surface area contributed by atoms with Gasteiger partial charge in [0, 0.05) is 18.5 Å². The third-order valence-electron chi connectivity index (χ3n) is 3.62. The monoisotopic (exact) mass is 266 g/mol. The molecule has 2 rings (SSSR count). The molecule has 1 aromatic heterocycles. The lowest BCUT2D eigenvalue weighted by atomic mass is 10.1. The van der Waals surface area contributed by atoms with Crippen LogP contribution in [0.1, 0.15) is 57.7 Å². The van der Waals surface area contributed by atoms with Crippen molar-refractivity contribution in [3.05, 3.63) is 11.7 Å². The van der Waals surface area contributed by atoms with Crippen LogP contribution in [0.15, 0.2) is 4.52 Å². The van der Waals surface area contributed by atoms with Crippen LogP contribution in [-0.2, 0) is 6.54 Å². The van der Waals surface area contributed by atoms with E-state index in [2.05, 4.69) is 41.1 Å². The molecule has 0 radical (unpaired) electrons. The van der Waals surface area contributed by atoms with Crippen molar-refractivity contribution in [3.8, 4) is 0 Å². The van der Waals surface area contributed by atoms with Crippen LogP contribution in [0.3, 0.4) is 0 Å². The van der Waals surface area contributed by atoms with Gasteiger partial charge in [-0.3, -0.25) is 4.90 Å². The lowest BCUT2D eigenvalue weighted by Crippen LogP contribution is -2.46. The largest absolute Gasteiger partial charge is 0.339 e. The van der Waals surface area contributed by atoms with Crippen molar-refractivity contribution >= 4 is 0 Å². The summed E-state index contributed by atoms with van der Waals surface area (Å²) in [6, 6.07) is 0.606. The van der Waals surface area contributed by atoms with E-state index < -0.39 is 0 Å². The summed E-state index contributed by atoms with van der Waals surface area (Å²) in [6.45, 7) is 10.5. The number of piperidine rings is 1. The summed E-state index contributed by atoms with van der Waals surface area (Å²) in [5.74, 6) is 1.87. The van der Waals surface area contributed by atoms with Gasteiger partial charge in [0.1, 0.15) is 0 Å². The van der Waals surface area contributed by atoms with Crippen molar-refractivity contribution < 1.29 is 4.52 Å². The van der Waals surface area contributed by atoms with Crippen molar-refractivity contribution in [2.24, 2.45) is 0 Å². The van der Waals surface area contributed by atoms with Crippen molar-refractivity contribution in [1.29, 1.82) is 0 Å². The highest BCUT2D eigenvalue weighted by atomic mass is 16.5. The fourth-order valence-electron chi connectivity index (χ4n) is 2.57. The van der Waals surface area contributed by atoms with Crippen LogP contribution >= 0.6 is 0 Å². The van der Waals surface area contributed by atoms with E-state index in [9.17, 15) is 0 Å². The topological polar surface area (TPSA) is 54.2 Å². The fourth-order valence-corrected chi connectivity index (χ4v) is 2.57. The quantitative estimate of drug-likeness (QED) is 0.855. The zero-order valence-corrected chi connectivity index (χ0v) is 12.4. The molecule has 0 spiro atoms. The smallest absolute Gasteiger partial charge is 0.229 e. The SMILES string of the molecule is CCCN(Cc1noc(C(C)C)n1)C1CCCNC1. The van der Waals surface area contributed by atoms with Crippen LogP contribution in [0, 0.1) is 0 Å². The van der Waals surface area contributed by atoms with Gasteiger partial charge in [-0.25, -0.2) is 0 Å². The van der Waals surface area contributed by atoms with Crippen molar-refractivity contribution in [2.75, 3.05) is 19.6 Å². The zero-order chi connectivity index (χ0) is 13.7. The maximum atomic E-state index is 5.29. The minimum Gasteiger partial charge on any atom is -0.339 e. The summed E-state index contributed by atoms with van der Waals surface area (Å²) >= 11 is 0. The normalized spacial score (nSPS) is 20.4. The highest BCUT2D eigenvalue weighted by Gasteiger charge is 2.22. The number of nitrogens with zero attached hydrogens (tertiary/aromatic N) is 3. The van der Waals surface area contributed by atoms with Gasteiger partial charge in [0.25, 0.3) is 0 Å². The van der Waals surface area contributed by atoms with Gasteiger partial charge < -0.3 is 9.84 Å². The maximum absolute atomic E-state index is 5.29. The number of hydrogen-bond donors (Lipinski definition) is 1. The second kappa shape index (κ2) is 7.01. The molecule has 1 aliphatic rings. The Morgan fingerprint density at radius 1 is 1.47 bits per heavy atom. The Labute approximate surface area is 115 Å². The van der Waals surface area contributed by atoms with E-state index in [-0.39, 0.29) is 0 Å². The Kier molecular flexibility index (Phi) is 5.34. The van der Waals surface area contributed by atoms with E-state index in [1.54, 1.807) is 0 Å². The van der Waals surface area contributed by atoms with Crippen LogP contribution in [0.2, 0.25) is 0 Å². The first-order valence-electron chi connectivity index (χ1n) is 7.48. The van der Waals surface area contributed by atoms with Gasteiger partial charge in [0.2, 0.25) is 5.89 Å². The summed E-state index contributed by atoms with van der Waals surface area (Å²) in [4.78, 5) is 6.97. The van der Waals surface area contributed by atoms with Crippen molar-refractivity contribution in [1.82, 2.24) is 20.4 Å². The minimum absolute atomic E-state index is 0.303. The van der Waals surface area contributed by atoms with E-state index >= 15 is 0 Å². The molecule has 1 atom stereocenters. The lowest BCUT2D eigenvalue weighted by molar-refractivity contribution is 0.153. The summed E-state index contributed by atoms with van der Waals surface area (Å²) in [7, 11) is 0. The average Bonchev–Trinajstić information content (AvgIpc) is 2.88. The van der Waals surface area contributed by atoms with E-state index in [1.165, 1.54) is 12.8 Å². The molecular weight excluding hydrogens is 240 g/mol. The predicted molar refractivity (Wildman–Crippen MR) is 75.0 cm³/mol. The highest BCUT2D eigenvalue weighted by Crippen LogP contribution is 2.16. The van der Waals surface area contributed by atoms with Crippen LogP contribution in [0.25, 0.3) is 0 Å². The van der Waals surface area contributed by atoms with E-state index in [0.29, 0.717) is 12.0 Å². The molecule has 1 saturated heterocycles. The Hall–Kier alpha value is -0.940. The molecule has 0 aromatic carbocycles. The van der Waals surface area contributed by atoms with Crippen molar-refractivity contribution in [2.45, 2.75) is 58.5 Å². The van der Waals surface area contributed by atoms with Crippen LogP contribution in [0.5, 0.6) is 0 Å². The van der Waals surface area contributed by atoms with Gasteiger partial charge in [-0.15, -0.1) is 0 Å². The highest BCUT2D eigenvalue weighted by molar-refractivity contribution is 4.92. The summed E-state index contributed by atoms with van der Waals surface area (Å²) in [5.41, 5.74) is 0. The first-order valence-corrected chi connectivity index (χ1v) is 7.48. The first-order chi connectivity index (χ1) is 9.20. The average molecular weight is 266 g/mol. The molecule has 1 aliphatic heterocycles. The van der Waals surface area contributed by atoms with Gasteiger partial charge in [-0.2, -0.15) is 4.98 Å². The molecule has 1 aromatic rings. The van der Waals surface area contributed by atoms with Crippen molar-refractivity contribution in [3.63, 3.8) is 0 Å². The van der Waals surface area contributed by atoms with Gasteiger partial charge in [0.15, 0.2) is 5.82 Å². The van der Waals surface area contributed by atoms with Crippen LogP contribution in [0.4, 0.5) is 0 Å². The number of hydrogen-bond acceptors (Lipinski definition) is 5. The Balaban J connectivity index is 1.98. The molecule has 5 heteroatoms. The third-order valence-corrected chi connectivity index (χ3v) is 3.62. The number of aromatic nitrogens is 2. The fraction of sp³-hybridized carbons (Fsp3) is 0.857. The second-order valence-electron chi connectivity index (χ2n) is 5.67. The number of nitrogens with one attached hydrogen (secondary N) is 1. The molecule has 1 fully saturated rings. The standard InChI is InChI=1S/C14H26N4O/c1-4-8-18(12-6-5-7-15-9-12)10-13-16-14(11(2)3)19-17-13/h11-12,15H,4-10H2,1-3H3. The molecule has 19 heavy (non-hydrogen) atoms. The molecule has 0 aliphatic carbocycles. The Morgan fingerprint density at radius 2 is 2.32 bits per heavy atom. The first kappa shape index (κ1) is 14.5. The number of rotatable bonds is 6. The predicted octanol–water partition coefficient (Wildman–Crippen LogP) is 2.16. The Morgan fingerprint density at radius 3 is 2.89 bits per heavy atom. The second-order valence-corrected chi connectivity index (χ2v) is 5.67. The summed E-state index contributed by atoms with van der Waals surface area (Å²) < 4.78 is 5.29.